The molecule has 1 aliphatic rings. The molecular weight excluding hydrogens is 360 g/mol. The van der Waals surface area contributed by atoms with Crippen molar-refractivity contribution in [2.45, 2.75) is 26.3 Å². The number of nitrogens with zero attached hydrogens (tertiary/aromatic N) is 3. The van der Waals surface area contributed by atoms with Crippen molar-refractivity contribution in [1.82, 2.24) is 9.97 Å². The Kier molecular flexibility index (Phi) is 4.54. The number of para-hydroxylation sites is 1. The van der Waals surface area contributed by atoms with Crippen molar-refractivity contribution >= 4 is 34.8 Å². The summed E-state index contributed by atoms with van der Waals surface area (Å²) in [6.45, 7) is 4.01. The molecule has 1 atom stereocenters. The highest BCUT2D eigenvalue weighted by Gasteiger charge is 2.31. The molecule has 0 bridgehead atoms. The van der Waals surface area contributed by atoms with E-state index >= 15 is 0 Å². The van der Waals surface area contributed by atoms with Crippen molar-refractivity contribution in [2.75, 3.05) is 10.2 Å². The highest BCUT2D eigenvalue weighted by atomic mass is 35.5. The maximum atomic E-state index is 13.0. The lowest BCUT2D eigenvalue weighted by Gasteiger charge is -2.22. The van der Waals surface area contributed by atoms with E-state index in [9.17, 15) is 4.79 Å². The van der Waals surface area contributed by atoms with E-state index in [1.807, 2.05) is 42.2 Å². The Labute approximate surface area is 163 Å². The number of carbonyl (C=O) groups is 1. The van der Waals surface area contributed by atoms with Crippen molar-refractivity contribution < 1.29 is 4.79 Å². The molecule has 1 unspecified atom stereocenters. The van der Waals surface area contributed by atoms with Crippen molar-refractivity contribution in [2.24, 2.45) is 0 Å². The largest absolute Gasteiger partial charge is 0.324 e. The lowest BCUT2D eigenvalue weighted by molar-refractivity contribution is 0.0981. The normalized spacial score (nSPS) is 15.5. The van der Waals surface area contributed by atoms with Crippen LogP contribution in [0.3, 0.4) is 0 Å². The number of carbonyl (C=O) groups excluding carboxylic acids is 1. The molecule has 0 saturated heterocycles. The zero-order valence-corrected chi connectivity index (χ0v) is 15.9. The van der Waals surface area contributed by atoms with Crippen LogP contribution in [0.4, 0.5) is 17.3 Å². The SMILES string of the molecule is Cc1cc(Cl)ccc1Nc1ncc(C(=O)N2c3ccccc3CC2C)cn1. The number of amides is 1. The monoisotopic (exact) mass is 378 g/mol. The molecule has 1 aliphatic heterocycles. The summed E-state index contributed by atoms with van der Waals surface area (Å²) in [4.78, 5) is 23.4. The molecule has 4 rings (SSSR count). The molecule has 1 aromatic heterocycles. The number of nitrogens with one attached hydrogen (secondary N) is 1. The second-order valence-corrected chi connectivity index (χ2v) is 7.17. The summed E-state index contributed by atoms with van der Waals surface area (Å²) in [5, 5.41) is 3.83. The van der Waals surface area contributed by atoms with Crippen molar-refractivity contribution in [3.63, 3.8) is 0 Å². The summed E-state index contributed by atoms with van der Waals surface area (Å²) >= 11 is 5.98. The minimum atomic E-state index is -0.0818. The first-order valence-electron chi connectivity index (χ1n) is 8.79. The Balaban J connectivity index is 1.55. The van der Waals surface area contributed by atoms with Crippen molar-refractivity contribution in [3.05, 3.63) is 76.6 Å². The average molecular weight is 379 g/mol. The summed E-state index contributed by atoms with van der Waals surface area (Å²) in [6.07, 6.45) is 3.99. The lowest BCUT2D eigenvalue weighted by atomic mass is 10.1. The number of halogens is 1. The Morgan fingerprint density at radius 3 is 2.67 bits per heavy atom. The Morgan fingerprint density at radius 1 is 1.19 bits per heavy atom. The fourth-order valence-corrected chi connectivity index (χ4v) is 3.63. The maximum absolute atomic E-state index is 13.0. The van der Waals surface area contributed by atoms with Gasteiger partial charge in [0.1, 0.15) is 0 Å². The van der Waals surface area contributed by atoms with Crippen LogP contribution in [0.1, 0.15) is 28.4 Å². The van der Waals surface area contributed by atoms with Gasteiger partial charge in [-0.05, 0) is 55.7 Å². The molecule has 0 aliphatic carbocycles. The van der Waals surface area contributed by atoms with Gasteiger partial charge in [-0.1, -0.05) is 29.8 Å². The van der Waals surface area contributed by atoms with Crippen LogP contribution in [0.2, 0.25) is 5.02 Å². The number of aromatic nitrogens is 2. The summed E-state index contributed by atoms with van der Waals surface area (Å²) in [5.41, 5.74) is 4.50. The number of fused-ring (bicyclic) bond motifs is 1. The first-order chi connectivity index (χ1) is 13.0. The van der Waals surface area contributed by atoms with Gasteiger partial charge in [0.15, 0.2) is 0 Å². The molecule has 136 valence electrons. The summed E-state index contributed by atoms with van der Waals surface area (Å²) in [6, 6.07) is 13.7. The van der Waals surface area contributed by atoms with Crippen LogP contribution in [-0.2, 0) is 6.42 Å². The Hall–Kier alpha value is -2.92. The van der Waals surface area contributed by atoms with E-state index in [0.717, 1.165) is 23.4 Å². The van der Waals surface area contributed by atoms with E-state index in [1.54, 1.807) is 18.5 Å². The summed E-state index contributed by atoms with van der Waals surface area (Å²) in [7, 11) is 0. The maximum Gasteiger partial charge on any atom is 0.261 e. The molecule has 27 heavy (non-hydrogen) atoms. The second-order valence-electron chi connectivity index (χ2n) is 6.74. The molecule has 6 heteroatoms. The second kappa shape index (κ2) is 7.00. The molecule has 1 amide bonds. The average Bonchev–Trinajstić information content (AvgIpc) is 3.00. The molecule has 2 aromatic carbocycles. The van der Waals surface area contributed by atoms with Crippen LogP contribution in [0.5, 0.6) is 0 Å². The van der Waals surface area contributed by atoms with Crippen LogP contribution in [0, 0.1) is 6.92 Å². The molecule has 2 heterocycles. The molecule has 0 saturated carbocycles. The number of anilines is 3. The number of hydrogen-bond donors (Lipinski definition) is 1. The fraction of sp³-hybridized carbons (Fsp3) is 0.190. The summed E-state index contributed by atoms with van der Waals surface area (Å²) in [5.74, 6) is 0.355. The highest BCUT2D eigenvalue weighted by Crippen LogP contribution is 2.33. The quantitative estimate of drug-likeness (QED) is 0.713. The van der Waals surface area contributed by atoms with E-state index in [4.69, 9.17) is 11.6 Å². The van der Waals surface area contributed by atoms with Crippen LogP contribution < -0.4 is 10.2 Å². The molecule has 0 spiro atoms. The van der Waals surface area contributed by atoms with Crippen LogP contribution in [0.15, 0.2) is 54.9 Å². The predicted octanol–water partition coefficient (Wildman–Crippen LogP) is 4.77. The van der Waals surface area contributed by atoms with Gasteiger partial charge in [0.05, 0.1) is 5.56 Å². The molecule has 0 fully saturated rings. The van der Waals surface area contributed by atoms with Gasteiger partial charge in [-0.3, -0.25) is 4.79 Å². The van der Waals surface area contributed by atoms with E-state index in [2.05, 4.69) is 28.3 Å². The minimum absolute atomic E-state index is 0.0818. The third-order valence-electron chi connectivity index (χ3n) is 4.76. The van der Waals surface area contributed by atoms with Gasteiger partial charge in [0.2, 0.25) is 5.95 Å². The Morgan fingerprint density at radius 2 is 1.93 bits per heavy atom. The van der Waals surface area contributed by atoms with Crippen molar-refractivity contribution in [1.29, 1.82) is 0 Å². The van der Waals surface area contributed by atoms with Crippen LogP contribution in [-0.4, -0.2) is 21.9 Å². The minimum Gasteiger partial charge on any atom is -0.324 e. The molecule has 3 aromatic rings. The zero-order valence-electron chi connectivity index (χ0n) is 15.1. The predicted molar refractivity (Wildman–Crippen MR) is 108 cm³/mol. The molecule has 1 N–H and O–H groups in total. The molecule has 0 radical (unpaired) electrons. The lowest BCUT2D eigenvalue weighted by Crippen LogP contribution is -2.35. The topological polar surface area (TPSA) is 58.1 Å². The Bertz CT molecular complexity index is 1000. The van der Waals surface area contributed by atoms with Gasteiger partial charge in [0, 0.05) is 34.8 Å². The number of aryl methyl sites for hydroxylation is 1. The van der Waals surface area contributed by atoms with Gasteiger partial charge < -0.3 is 10.2 Å². The molecule has 5 nitrogen and oxygen atoms in total. The third kappa shape index (κ3) is 3.38. The summed E-state index contributed by atoms with van der Waals surface area (Å²) < 4.78 is 0. The van der Waals surface area contributed by atoms with E-state index in [0.29, 0.717) is 16.5 Å². The number of rotatable bonds is 3. The van der Waals surface area contributed by atoms with Gasteiger partial charge in [-0.15, -0.1) is 0 Å². The van der Waals surface area contributed by atoms with Gasteiger partial charge >= 0.3 is 0 Å². The van der Waals surface area contributed by atoms with Gasteiger partial charge in [0.25, 0.3) is 5.91 Å². The first-order valence-corrected chi connectivity index (χ1v) is 9.17. The number of hydrogen-bond acceptors (Lipinski definition) is 4. The van der Waals surface area contributed by atoms with E-state index < -0.39 is 0 Å². The van der Waals surface area contributed by atoms with Gasteiger partial charge in [-0.2, -0.15) is 0 Å². The van der Waals surface area contributed by atoms with Crippen LogP contribution >= 0.6 is 11.6 Å². The van der Waals surface area contributed by atoms with E-state index in [1.165, 1.54) is 5.56 Å². The fourth-order valence-electron chi connectivity index (χ4n) is 3.40. The third-order valence-corrected chi connectivity index (χ3v) is 4.99. The highest BCUT2D eigenvalue weighted by molar-refractivity contribution is 6.30. The first kappa shape index (κ1) is 17.5. The zero-order chi connectivity index (χ0) is 19.0. The van der Waals surface area contributed by atoms with Crippen LogP contribution in [0.25, 0.3) is 0 Å². The smallest absolute Gasteiger partial charge is 0.261 e. The molecular formula is C21H19ClN4O. The van der Waals surface area contributed by atoms with E-state index in [-0.39, 0.29) is 11.9 Å². The number of benzene rings is 2. The van der Waals surface area contributed by atoms with Crippen molar-refractivity contribution in [3.8, 4) is 0 Å². The van der Waals surface area contributed by atoms with Gasteiger partial charge in [-0.25, -0.2) is 9.97 Å². The standard InChI is InChI=1S/C21H19ClN4O/c1-13-9-17(22)7-8-18(13)25-21-23-11-16(12-24-21)20(27)26-14(2)10-15-5-3-4-6-19(15)26/h3-9,11-12,14H,10H2,1-2H3,(H,23,24,25).